The van der Waals surface area contributed by atoms with E-state index in [1.807, 2.05) is 6.92 Å². The zero-order valence-electron chi connectivity index (χ0n) is 13.7. The molecule has 2 heterocycles. The summed E-state index contributed by atoms with van der Waals surface area (Å²) in [5, 5.41) is 9.54. The Balaban J connectivity index is 0.00000225. The maximum Gasteiger partial charge on any atom is 0.347 e. The lowest BCUT2D eigenvalue weighted by molar-refractivity contribution is 0.0701. The van der Waals surface area contributed by atoms with E-state index >= 15 is 0 Å². The molecule has 134 valence electrons. The molecule has 1 saturated heterocycles. The average molecular weight is 383 g/mol. The van der Waals surface area contributed by atoms with Crippen molar-refractivity contribution in [3.05, 3.63) is 46.2 Å². The van der Waals surface area contributed by atoms with Crippen LogP contribution in [0.25, 0.3) is 0 Å². The van der Waals surface area contributed by atoms with E-state index in [-0.39, 0.29) is 36.3 Å². The Kier molecular flexibility index (Phi) is 5.69. The molecule has 1 atom stereocenters. The van der Waals surface area contributed by atoms with Gasteiger partial charge in [0.25, 0.3) is 0 Å². The number of halogens is 1. The number of urea groups is 1. The van der Waals surface area contributed by atoms with Gasteiger partial charge in [0.1, 0.15) is 10.7 Å². The summed E-state index contributed by atoms with van der Waals surface area (Å²) in [7, 11) is 0. The van der Waals surface area contributed by atoms with E-state index in [1.165, 1.54) is 17.0 Å². The molecule has 1 aromatic carbocycles. The summed E-state index contributed by atoms with van der Waals surface area (Å²) in [4.78, 5) is 31.4. The van der Waals surface area contributed by atoms with Crippen LogP contribution in [0.15, 0.2) is 24.3 Å². The van der Waals surface area contributed by atoms with Crippen molar-refractivity contribution in [2.24, 2.45) is 0 Å². The number of thiazole rings is 1. The fourth-order valence-electron chi connectivity index (χ4n) is 2.72. The highest BCUT2D eigenvalue weighted by Crippen LogP contribution is 2.31. The van der Waals surface area contributed by atoms with E-state index in [2.05, 4.69) is 4.98 Å². The second-order valence-corrected chi connectivity index (χ2v) is 6.70. The highest BCUT2D eigenvalue weighted by Gasteiger charge is 2.37. The Morgan fingerprint density at radius 2 is 2.04 bits per heavy atom. The molecule has 1 aliphatic heterocycles. The number of carbonyl (C=O) groups is 2. The van der Waals surface area contributed by atoms with Gasteiger partial charge in [0.05, 0.1) is 11.7 Å². The first-order valence-corrected chi connectivity index (χ1v) is 8.21. The largest absolute Gasteiger partial charge is 0.477 e. The minimum atomic E-state index is -1.04. The van der Waals surface area contributed by atoms with Crippen LogP contribution < -0.4 is 4.90 Å². The summed E-state index contributed by atoms with van der Waals surface area (Å²) >= 11 is 1.00. The number of anilines is 1. The highest BCUT2D eigenvalue weighted by molar-refractivity contribution is 7.59. The quantitative estimate of drug-likeness (QED) is 0.880. The topological polar surface area (TPSA) is 73.7 Å². The van der Waals surface area contributed by atoms with Gasteiger partial charge in [-0.2, -0.15) is 13.5 Å². The molecule has 1 fully saturated rings. The molecule has 9 heteroatoms. The zero-order valence-corrected chi connectivity index (χ0v) is 15.5. The Hall–Kier alpha value is -2.13. The predicted octanol–water partition coefficient (Wildman–Crippen LogP) is 3.23. The first kappa shape index (κ1) is 19.2. The van der Waals surface area contributed by atoms with Crippen LogP contribution in [0.1, 0.15) is 27.9 Å². The number of carbonyl (C=O) groups excluding carboxylic acids is 1. The van der Waals surface area contributed by atoms with Gasteiger partial charge in [-0.15, -0.1) is 0 Å². The second kappa shape index (κ2) is 7.40. The molecule has 0 aliphatic carbocycles. The summed E-state index contributed by atoms with van der Waals surface area (Å²) < 4.78 is 13.0. The third kappa shape index (κ3) is 3.77. The fraction of sp³-hybridized carbons (Fsp3) is 0.312. The van der Waals surface area contributed by atoms with E-state index < -0.39 is 5.97 Å². The third-order valence-corrected chi connectivity index (χ3v) is 5.02. The molecule has 1 aliphatic rings. The van der Waals surface area contributed by atoms with Gasteiger partial charge in [0.2, 0.25) is 0 Å². The summed E-state index contributed by atoms with van der Waals surface area (Å²) in [5.41, 5.74) is 1.24. The van der Waals surface area contributed by atoms with Crippen molar-refractivity contribution in [2.75, 3.05) is 11.4 Å². The van der Waals surface area contributed by atoms with Gasteiger partial charge in [-0.1, -0.05) is 23.5 Å². The number of rotatable bonds is 4. The Morgan fingerprint density at radius 3 is 2.60 bits per heavy atom. The Labute approximate surface area is 155 Å². The maximum atomic E-state index is 13.0. The first-order valence-electron chi connectivity index (χ1n) is 7.40. The molecule has 1 N–H and O–H groups in total. The summed E-state index contributed by atoms with van der Waals surface area (Å²) in [6, 6.07) is 5.67. The van der Waals surface area contributed by atoms with E-state index in [4.69, 9.17) is 5.11 Å². The van der Waals surface area contributed by atoms with Crippen LogP contribution in [-0.2, 0) is 6.54 Å². The molecular formula is C16H18FN3O3S2. The molecular weight excluding hydrogens is 365 g/mol. The minimum absolute atomic E-state index is 0. The van der Waals surface area contributed by atoms with Crippen molar-refractivity contribution in [3.8, 4) is 0 Å². The second-order valence-electron chi connectivity index (χ2n) is 5.72. The molecule has 0 bridgehead atoms. The van der Waals surface area contributed by atoms with Crippen LogP contribution in [-0.4, -0.2) is 39.6 Å². The molecule has 1 aromatic heterocycles. The number of nitrogens with zero attached hydrogens (tertiary/aromatic N) is 3. The van der Waals surface area contributed by atoms with Gasteiger partial charge in [0, 0.05) is 13.1 Å². The number of carboxylic acids is 1. The standard InChI is InChI=1S/C16H16FN3O3S.H2S/c1-9-7-19(8-11-3-5-12(17)6-4-11)16(23)20(9)15-18-10(2)13(24-15)14(21)22;/h3-6,9H,7-8H2,1-2H3,(H,21,22);1H2/t9-;/m0./s1. The van der Waals surface area contributed by atoms with Crippen LogP contribution in [0.5, 0.6) is 0 Å². The number of carboxylic acid groups (broad SMARTS) is 1. The normalized spacial score (nSPS) is 16.9. The number of benzene rings is 1. The lowest BCUT2D eigenvalue weighted by Crippen LogP contribution is -2.33. The SMILES string of the molecule is Cc1nc(N2C(=O)N(Cc3ccc(F)cc3)C[C@@H]2C)sc1C(=O)O.S. The summed E-state index contributed by atoms with van der Waals surface area (Å²) in [6.45, 7) is 4.37. The van der Waals surface area contributed by atoms with Crippen molar-refractivity contribution >= 4 is 42.0 Å². The number of aromatic nitrogens is 1. The van der Waals surface area contributed by atoms with Crippen molar-refractivity contribution in [1.82, 2.24) is 9.88 Å². The number of hydrogen-bond acceptors (Lipinski definition) is 4. The molecule has 0 unspecified atom stereocenters. The van der Waals surface area contributed by atoms with Gasteiger partial charge in [-0.25, -0.2) is 19.0 Å². The van der Waals surface area contributed by atoms with Crippen LogP contribution in [0.2, 0.25) is 0 Å². The summed E-state index contributed by atoms with van der Waals surface area (Å²) in [6.07, 6.45) is 0. The monoisotopic (exact) mass is 383 g/mol. The van der Waals surface area contributed by atoms with Gasteiger partial charge < -0.3 is 10.0 Å². The van der Waals surface area contributed by atoms with Crippen molar-refractivity contribution in [1.29, 1.82) is 0 Å². The number of aryl methyl sites for hydroxylation is 1. The van der Waals surface area contributed by atoms with Crippen LogP contribution in [0, 0.1) is 12.7 Å². The zero-order chi connectivity index (χ0) is 17.4. The van der Waals surface area contributed by atoms with Crippen molar-refractivity contribution < 1.29 is 19.1 Å². The van der Waals surface area contributed by atoms with Crippen molar-refractivity contribution in [3.63, 3.8) is 0 Å². The third-order valence-electron chi connectivity index (χ3n) is 3.87. The van der Waals surface area contributed by atoms with E-state index in [0.717, 1.165) is 16.9 Å². The summed E-state index contributed by atoms with van der Waals surface area (Å²) in [5.74, 6) is -1.36. The Morgan fingerprint density at radius 1 is 1.40 bits per heavy atom. The number of amides is 2. The molecule has 3 rings (SSSR count). The van der Waals surface area contributed by atoms with Gasteiger partial charge in [-0.3, -0.25) is 4.90 Å². The first-order chi connectivity index (χ1) is 11.4. The smallest absolute Gasteiger partial charge is 0.347 e. The molecule has 0 saturated carbocycles. The van der Waals surface area contributed by atoms with E-state index in [9.17, 15) is 14.0 Å². The lowest BCUT2D eigenvalue weighted by atomic mass is 10.2. The van der Waals surface area contributed by atoms with Gasteiger partial charge in [-0.05, 0) is 31.5 Å². The highest BCUT2D eigenvalue weighted by atomic mass is 32.1. The van der Waals surface area contributed by atoms with Gasteiger partial charge in [0.15, 0.2) is 5.13 Å². The minimum Gasteiger partial charge on any atom is -0.477 e. The molecule has 0 spiro atoms. The molecule has 25 heavy (non-hydrogen) atoms. The average Bonchev–Trinajstić information content (AvgIpc) is 3.02. The molecule has 2 amide bonds. The van der Waals surface area contributed by atoms with Crippen LogP contribution >= 0.6 is 24.8 Å². The number of hydrogen-bond donors (Lipinski definition) is 1. The molecule has 2 aromatic rings. The molecule has 0 radical (unpaired) electrons. The molecule has 6 nitrogen and oxygen atoms in total. The predicted molar refractivity (Wildman–Crippen MR) is 98.3 cm³/mol. The van der Waals surface area contributed by atoms with Crippen LogP contribution in [0.3, 0.4) is 0 Å². The van der Waals surface area contributed by atoms with Crippen molar-refractivity contribution in [2.45, 2.75) is 26.4 Å². The maximum absolute atomic E-state index is 13.0. The van der Waals surface area contributed by atoms with E-state index in [0.29, 0.717) is 23.9 Å². The van der Waals surface area contributed by atoms with Crippen LogP contribution in [0.4, 0.5) is 14.3 Å². The Bertz CT molecular complexity index is 794. The number of aromatic carboxylic acids is 1. The van der Waals surface area contributed by atoms with Gasteiger partial charge >= 0.3 is 12.0 Å². The lowest BCUT2D eigenvalue weighted by Gasteiger charge is -2.17. The fourth-order valence-corrected chi connectivity index (χ4v) is 3.72. The van der Waals surface area contributed by atoms with E-state index in [1.54, 1.807) is 24.0 Å².